The summed E-state index contributed by atoms with van der Waals surface area (Å²) in [6, 6.07) is 8.98. The Kier molecular flexibility index (Phi) is 19.8. The van der Waals surface area contributed by atoms with Crippen LogP contribution in [0.4, 0.5) is 0 Å². The lowest BCUT2D eigenvalue weighted by Gasteiger charge is -2.41. The number of carbonyl (C=O) groups excluding carboxylic acids is 4. The van der Waals surface area contributed by atoms with Gasteiger partial charge in [0.2, 0.25) is 23.6 Å². The average molecular weight is 814 g/mol. The highest BCUT2D eigenvalue weighted by Gasteiger charge is 2.43. The molecule has 1 saturated heterocycles. The van der Waals surface area contributed by atoms with E-state index in [2.05, 4.69) is 37.9 Å². The van der Waals surface area contributed by atoms with Crippen molar-refractivity contribution >= 4 is 35.0 Å². The molecule has 0 bridgehead atoms. The zero-order valence-electron chi connectivity index (χ0n) is 35.6. The Morgan fingerprint density at radius 2 is 1.75 bits per heavy atom. The number of likely N-dealkylation sites (N-methyl/N-ethyl adjacent to an activating group) is 1. The van der Waals surface area contributed by atoms with Crippen LogP contribution in [-0.4, -0.2) is 116 Å². The van der Waals surface area contributed by atoms with Gasteiger partial charge in [0.1, 0.15) is 11.0 Å². The van der Waals surface area contributed by atoms with Crippen molar-refractivity contribution in [2.75, 3.05) is 41.0 Å². The molecule has 2 aromatic rings. The third kappa shape index (κ3) is 13.2. The number of aromatic nitrogens is 1. The van der Waals surface area contributed by atoms with Crippen LogP contribution in [0.1, 0.15) is 90.8 Å². The van der Waals surface area contributed by atoms with E-state index < -0.39 is 36.3 Å². The molecule has 0 unspecified atom stereocenters. The van der Waals surface area contributed by atoms with Crippen LogP contribution in [0.25, 0.3) is 0 Å². The van der Waals surface area contributed by atoms with Gasteiger partial charge < -0.3 is 40.1 Å². The van der Waals surface area contributed by atoms with Crippen LogP contribution in [0.3, 0.4) is 0 Å². The molecule has 3 rings (SSSR count). The third-order valence-corrected chi connectivity index (χ3v) is 12.1. The molecule has 1 fully saturated rings. The van der Waals surface area contributed by atoms with E-state index in [-0.39, 0.29) is 66.5 Å². The van der Waals surface area contributed by atoms with Gasteiger partial charge in [-0.05, 0) is 60.8 Å². The number of carbonyl (C=O) groups is 4. The van der Waals surface area contributed by atoms with Crippen molar-refractivity contribution < 1.29 is 33.5 Å². The van der Waals surface area contributed by atoms with Crippen LogP contribution < -0.4 is 21.8 Å². The molecule has 14 nitrogen and oxygen atoms in total. The van der Waals surface area contributed by atoms with E-state index in [1.165, 1.54) is 11.3 Å². The van der Waals surface area contributed by atoms with Crippen molar-refractivity contribution in [3.05, 3.63) is 52.5 Å². The minimum Gasteiger partial charge on any atom is -0.379 e. The number of hydrogen-bond donors (Lipinski definition) is 4. The largest absolute Gasteiger partial charge is 0.379 e. The zero-order valence-corrected chi connectivity index (χ0v) is 36.4. The fourth-order valence-electron chi connectivity index (χ4n) is 7.84. The van der Waals surface area contributed by atoms with Gasteiger partial charge in [0, 0.05) is 45.9 Å². The predicted octanol–water partition coefficient (Wildman–Crippen LogP) is 3.71. The number of rotatable bonds is 24. The highest BCUT2D eigenvalue weighted by molar-refractivity contribution is 7.09. The van der Waals surface area contributed by atoms with E-state index in [0.717, 1.165) is 23.4 Å². The second-order valence-corrected chi connectivity index (χ2v) is 16.8. The first-order valence-electron chi connectivity index (χ1n) is 20.2. The molecule has 1 aliphatic rings. The van der Waals surface area contributed by atoms with Crippen molar-refractivity contribution in [3.8, 4) is 0 Å². The molecule has 1 aromatic heterocycles. The summed E-state index contributed by atoms with van der Waals surface area (Å²) in [5.74, 6) is 3.42. The van der Waals surface area contributed by atoms with E-state index >= 15 is 0 Å². The number of likely N-dealkylation sites (tertiary alicyclic amines) is 1. The maximum atomic E-state index is 14.3. The quantitative estimate of drug-likeness (QED) is 0.0903. The molecular formula is C42H67N7O7S. The molecule has 15 heteroatoms. The number of nitrogens with one attached hydrogen (secondary N) is 3. The molecule has 1 aliphatic heterocycles. The molecule has 57 heavy (non-hydrogen) atoms. The van der Waals surface area contributed by atoms with Gasteiger partial charge in [-0.15, -0.1) is 11.3 Å². The lowest BCUT2D eigenvalue weighted by Crippen LogP contribution is -2.60. The third-order valence-electron chi connectivity index (χ3n) is 11.2. The first-order chi connectivity index (χ1) is 27.2. The predicted molar refractivity (Wildman–Crippen MR) is 220 cm³/mol. The highest BCUT2D eigenvalue weighted by Crippen LogP contribution is 2.30. The molecule has 0 radical (unpaired) electrons. The molecule has 2 heterocycles. The van der Waals surface area contributed by atoms with Crippen molar-refractivity contribution in [1.82, 2.24) is 30.7 Å². The number of amides is 4. The van der Waals surface area contributed by atoms with Crippen LogP contribution in [0, 0.1) is 35.8 Å². The highest BCUT2D eigenvalue weighted by atomic mass is 32.1. The normalized spacial score (nSPS) is 18.5. The molecule has 0 saturated carbocycles. The summed E-state index contributed by atoms with van der Waals surface area (Å²) >= 11 is 1.48. The molecule has 318 valence electrons. The fourth-order valence-corrected chi connectivity index (χ4v) is 8.53. The lowest BCUT2D eigenvalue weighted by molar-refractivity contribution is -0.147. The van der Waals surface area contributed by atoms with Gasteiger partial charge in [0.25, 0.3) is 0 Å². The Bertz CT molecular complexity index is 1520. The van der Waals surface area contributed by atoms with Crippen LogP contribution in [0.15, 0.2) is 29.8 Å². The van der Waals surface area contributed by atoms with Gasteiger partial charge in [0.15, 0.2) is 0 Å². The van der Waals surface area contributed by atoms with Gasteiger partial charge >= 0.3 is 0 Å². The Balaban J connectivity index is 1.78. The van der Waals surface area contributed by atoms with Gasteiger partial charge in [-0.3, -0.25) is 19.2 Å². The van der Waals surface area contributed by atoms with E-state index in [1.807, 2.05) is 70.9 Å². The first kappa shape index (κ1) is 47.7. The number of hydrogen-bond acceptors (Lipinski definition) is 11. The minimum atomic E-state index is -0.811. The Morgan fingerprint density at radius 3 is 2.32 bits per heavy atom. The maximum absolute atomic E-state index is 14.3. The van der Waals surface area contributed by atoms with Crippen molar-refractivity contribution in [3.63, 3.8) is 0 Å². The van der Waals surface area contributed by atoms with Gasteiger partial charge in [0.05, 0.1) is 55.3 Å². The van der Waals surface area contributed by atoms with Crippen LogP contribution in [0.5, 0.6) is 0 Å². The fraction of sp³-hybridized carbons (Fsp3) is 0.690. The summed E-state index contributed by atoms with van der Waals surface area (Å²) in [5, 5.41) is 12.1. The number of ether oxygens (including phenoxy) is 2. The lowest BCUT2D eigenvalue weighted by atomic mass is 9.89. The summed E-state index contributed by atoms with van der Waals surface area (Å²) in [6.07, 6.45) is 3.26. The van der Waals surface area contributed by atoms with Crippen LogP contribution in [0.2, 0.25) is 0 Å². The van der Waals surface area contributed by atoms with E-state index in [9.17, 15) is 19.2 Å². The molecule has 0 aliphatic carbocycles. The molecule has 4 amide bonds. The monoisotopic (exact) mass is 813 g/mol. The molecular weight excluding hydrogens is 747 g/mol. The Hall–Kier alpha value is -3.65. The number of thiazole rings is 1. The van der Waals surface area contributed by atoms with Crippen molar-refractivity contribution in [1.29, 1.82) is 0 Å². The van der Waals surface area contributed by atoms with Gasteiger partial charge in [-0.25, -0.2) is 10.9 Å². The van der Waals surface area contributed by atoms with Crippen LogP contribution in [-0.2, 0) is 39.9 Å². The van der Waals surface area contributed by atoms with E-state index in [1.54, 1.807) is 38.4 Å². The second kappa shape index (κ2) is 23.7. The van der Waals surface area contributed by atoms with Gasteiger partial charge in [-0.2, -0.15) is 0 Å². The molecule has 5 N–H and O–H groups in total. The summed E-state index contributed by atoms with van der Waals surface area (Å²) in [7, 11) is 4.87. The molecule has 1 aromatic carbocycles. The average Bonchev–Trinajstić information content (AvgIpc) is 3.92. The summed E-state index contributed by atoms with van der Waals surface area (Å²) in [6.45, 7) is 14.7. The summed E-state index contributed by atoms with van der Waals surface area (Å²) < 4.78 is 12.1. The Labute approximate surface area is 344 Å². The SMILES string of the molecule is CC[C@H](C)[C@@H]([C@@H](CC(=O)N1CCC[C@H]1[C@H](OC)[C@@H](C)C(=O)N[C@@H](Cc1cc#ccc1)c1nccs1)OC)N(C)C(=O)[C@@H](NC(=O)[C@@H](NCCON)C(C)C)C(C)C. The van der Waals surface area contributed by atoms with Gasteiger partial charge in [-0.1, -0.05) is 67.0 Å². The van der Waals surface area contributed by atoms with E-state index in [4.69, 9.17) is 15.4 Å². The molecule has 9 atom stereocenters. The summed E-state index contributed by atoms with van der Waals surface area (Å²) in [4.78, 5) is 68.7. The van der Waals surface area contributed by atoms with Crippen LogP contribution >= 0.6 is 11.3 Å². The van der Waals surface area contributed by atoms with Crippen molar-refractivity contribution in [2.45, 2.75) is 123 Å². The molecule has 0 spiro atoms. The van der Waals surface area contributed by atoms with E-state index in [0.29, 0.717) is 25.9 Å². The second-order valence-electron chi connectivity index (χ2n) is 15.8. The first-order valence-corrected chi connectivity index (χ1v) is 21.1. The zero-order chi connectivity index (χ0) is 42.2. The smallest absolute Gasteiger partial charge is 0.245 e. The van der Waals surface area contributed by atoms with Crippen molar-refractivity contribution in [2.24, 2.45) is 29.6 Å². The Morgan fingerprint density at radius 1 is 1.04 bits per heavy atom. The topological polar surface area (TPSA) is 177 Å². The standard InChI is InChI=1S/C42H67N7O7S/c1-11-28(6)37(48(8)42(53)36(27(4)5)47-40(52)35(26(2)3)44-19-22-56-43)33(54-9)25-34(50)49-21-15-18-32(49)38(55-10)29(7)39(51)46-31(41-45-20-23-57-41)24-30-16-13-12-14-17-30/h13,16-17,20,23,26-29,31-33,35-38,44H,11,15,18-19,21-22,24-25,43H2,1-10H3,(H,46,51)(H,47,52)/t28-,29+,31-,32-,33+,35-,36-,37-,38+/m0/s1. The number of nitrogens with zero attached hydrogens (tertiary/aromatic N) is 3. The minimum absolute atomic E-state index is 0.0234. The number of nitrogens with two attached hydrogens (primary N) is 1. The summed E-state index contributed by atoms with van der Waals surface area (Å²) in [5.41, 5.74) is 1.00. The number of methoxy groups -OCH3 is 2. The maximum Gasteiger partial charge on any atom is 0.245 e.